The molecule has 5 heteroatoms. The fourth-order valence-electron chi connectivity index (χ4n) is 1.89. The van der Waals surface area contributed by atoms with Crippen LogP contribution in [0.25, 0.3) is 0 Å². The van der Waals surface area contributed by atoms with Crippen LogP contribution in [-0.2, 0) is 4.79 Å². The fourth-order valence-corrected chi connectivity index (χ4v) is 1.89. The molecule has 0 atom stereocenters. The lowest BCUT2D eigenvalue weighted by atomic mass is 9.97. The molecule has 0 aromatic rings. The number of amides is 2. The van der Waals surface area contributed by atoms with Crippen LogP contribution in [0.1, 0.15) is 26.7 Å². The summed E-state index contributed by atoms with van der Waals surface area (Å²) in [5.41, 5.74) is 0. The lowest BCUT2D eigenvalue weighted by Crippen LogP contribution is -2.54. The molecule has 0 aromatic carbocycles. The quantitative estimate of drug-likeness (QED) is 0.794. The summed E-state index contributed by atoms with van der Waals surface area (Å²) >= 11 is 0. The number of likely N-dealkylation sites (tertiary alicyclic amines) is 1. The first-order valence-electron chi connectivity index (χ1n) is 6.12. The number of rotatable bonds is 5. The Morgan fingerprint density at radius 1 is 1.41 bits per heavy atom. The highest BCUT2D eigenvalue weighted by atomic mass is 16.4. The van der Waals surface area contributed by atoms with Gasteiger partial charge < -0.3 is 14.9 Å². The second-order valence-electron chi connectivity index (χ2n) is 5.26. The molecule has 0 saturated carbocycles. The van der Waals surface area contributed by atoms with Crippen molar-refractivity contribution >= 4 is 12.0 Å². The van der Waals surface area contributed by atoms with Crippen LogP contribution >= 0.6 is 0 Å². The molecule has 17 heavy (non-hydrogen) atoms. The van der Waals surface area contributed by atoms with Gasteiger partial charge in [-0.25, -0.2) is 4.79 Å². The highest BCUT2D eigenvalue weighted by molar-refractivity contribution is 5.75. The summed E-state index contributed by atoms with van der Waals surface area (Å²) in [6, 6.07) is 0.0206. The van der Waals surface area contributed by atoms with Crippen LogP contribution < -0.4 is 0 Å². The SMILES string of the molecule is CC(C)CCN(C)C(=O)N1CC(CC(=O)O)C1. The molecule has 98 valence electrons. The van der Waals surface area contributed by atoms with Gasteiger partial charge in [-0.1, -0.05) is 13.8 Å². The summed E-state index contributed by atoms with van der Waals surface area (Å²) < 4.78 is 0. The van der Waals surface area contributed by atoms with Crippen LogP contribution in [0.2, 0.25) is 0 Å². The summed E-state index contributed by atoms with van der Waals surface area (Å²) in [6.07, 6.45) is 1.16. The topological polar surface area (TPSA) is 60.9 Å². The molecule has 1 aliphatic heterocycles. The third-order valence-electron chi connectivity index (χ3n) is 3.06. The van der Waals surface area contributed by atoms with Gasteiger partial charge in [-0.3, -0.25) is 4.79 Å². The van der Waals surface area contributed by atoms with Gasteiger partial charge in [-0.15, -0.1) is 0 Å². The average Bonchev–Trinajstić information content (AvgIpc) is 2.17. The van der Waals surface area contributed by atoms with Crippen molar-refractivity contribution in [3.8, 4) is 0 Å². The Hall–Kier alpha value is -1.26. The number of carboxylic acids is 1. The highest BCUT2D eigenvalue weighted by Gasteiger charge is 2.33. The van der Waals surface area contributed by atoms with E-state index in [9.17, 15) is 9.59 Å². The third-order valence-corrected chi connectivity index (χ3v) is 3.06. The fraction of sp³-hybridized carbons (Fsp3) is 0.833. The summed E-state index contributed by atoms with van der Waals surface area (Å²) in [6.45, 7) is 6.18. The average molecular weight is 242 g/mol. The maximum absolute atomic E-state index is 11.9. The summed E-state index contributed by atoms with van der Waals surface area (Å²) in [4.78, 5) is 25.8. The molecule has 1 rings (SSSR count). The number of nitrogens with zero attached hydrogens (tertiary/aromatic N) is 2. The van der Waals surface area contributed by atoms with E-state index in [0.29, 0.717) is 19.0 Å². The molecule has 5 nitrogen and oxygen atoms in total. The van der Waals surface area contributed by atoms with E-state index in [1.165, 1.54) is 0 Å². The van der Waals surface area contributed by atoms with Gasteiger partial charge >= 0.3 is 12.0 Å². The third kappa shape index (κ3) is 4.24. The predicted molar refractivity (Wildman–Crippen MR) is 64.8 cm³/mol. The summed E-state index contributed by atoms with van der Waals surface area (Å²) in [5, 5.41) is 8.61. The van der Waals surface area contributed by atoms with Gasteiger partial charge in [0, 0.05) is 32.6 Å². The Kier molecular flexibility index (Phi) is 4.78. The van der Waals surface area contributed by atoms with Crippen molar-refractivity contribution in [2.24, 2.45) is 11.8 Å². The number of hydrogen-bond donors (Lipinski definition) is 1. The maximum atomic E-state index is 11.9. The van der Waals surface area contributed by atoms with Gasteiger partial charge in [-0.05, 0) is 12.3 Å². The largest absolute Gasteiger partial charge is 0.481 e. The summed E-state index contributed by atoms with van der Waals surface area (Å²) in [5.74, 6) is -0.0633. The molecule has 1 fully saturated rings. The number of carbonyl (C=O) groups is 2. The van der Waals surface area contributed by atoms with Crippen molar-refractivity contribution in [3.05, 3.63) is 0 Å². The first kappa shape index (κ1) is 13.8. The Bertz CT molecular complexity index is 285. The standard InChI is InChI=1S/C12H22N2O3/c1-9(2)4-5-13(3)12(17)14-7-10(8-14)6-11(15)16/h9-10H,4-8H2,1-3H3,(H,15,16). The number of urea groups is 1. The van der Waals surface area contributed by atoms with Crippen LogP contribution in [0, 0.1) is 11.8 Å². The molecule has 1 saturated heterocycles. The molecule has 1 N–H and O–H groups in total. The molecule has 0 aliphatic carbocycles. The predicted octanol–water partition coefficient (Wildman–Crippen LogP) is 1.49. The van der Waals surface area contributed by atoms with Gasteiger partial charge in [-0.2, -0.15) is 0 Å². The smallest absolute Gasteiger partial charge is 0.319 e. The highest BCUT2D eigenvalue weighted by Crippen LogP contribution is 2.20. The Labute approximate surface area is 102 Å². The van der Waals surface area contributed by atoms with Crippen molar-refractivity contribution in [2.45, 2.75) is 26.7 Å². The lowest BCUT2D eigenvalue weighted by Gasteiger charge is -2.40. The van der Waals surface area contributed by atoms with Crippen molar-refractivity contribution < 1.29 is 14.7 Å². The van der Waals surface area contributed by atoms with Crippen LogP contribution in [0.4, 0.5) is 4.79 Å². The first-order chi connectivity index (χ1) is 7.90. The molecule has 0 aromatic heterocycles. The van der Waals surface area contributed by atoms with Crippen LogP contribution in [0.15, 0.2) is 0 Å². The van der Waals surface area contributed by atoms with E-state index in [2.05, 4.69) is 13.8 Å². The van der Waals surface area contributed by atoms with Crippen molar-refractivity contribution in [1.29, 1.82) is 0 Å². The van der Waals surface area contributed by atoms with Gasteiger partial charge in [0.2, 0.25) is 0 Å². The van der Waals surface area contributed by atoms with E-state index in [1.807, 2.05) is 0 Å². The number of hydrogen-bond acceptors (Lipinski definition) is 2. The zero-order valence-electron chi connectivity index (χ0n) is 10.8. The van der Waals surface area contributed by atoms with Gasteiger partial charge in [0.25, 0.3) is 0 Å². The minimum Gasteiger partial charge on any atom is -0.481 e. The number of carboxylic acid groups (broad SMARTS) is 1. The summed E-state index contributed by atoms with van der Waals surface area (Å²) in [7, 11) is 1.80. The molecule has 1 aliphatic rings. The zero-order valence-corrected chi connectivity index (χ0v) is 10.8. The van der Waals surface area contributed by atoms with E-state index in [4.69, 9.17) is 5.11 Å². The van der Waals surface area contributed by atoms with E-state index < -0.39 is 5.97 Å². The molecule has 0 spiro atoms. The van der Waals surface area contributed by atoms with Crippen LogP contribution in [-0.4, -0.2) is 53.6 Å². The van der Waals surface area contributed by atoms with Crippen molar-refractivity contribution in [2.75, 3.05) is 26.7 Å². The van der Waals surface area contributed by atoms with Crippen molar-refractivity contribution in [1.82, 2.24) is 9.80 Å². The van der Waals surface area contributed by atoms with Gasteiger partial charge in [0.1, 0.15) is 0 Å². The minimum atomic E-state index is -0.782. The van der Waals surface area contributed by atoms with Crippen LogP contribution in [0.5, 0.6) is 0 Å². The van der Waals surface area contributed by atoms with Crippen LogP contribution in [0.3, 0.4) is 0 Å². The molecule has 1 heterocycles. The minimum absolute atomic E-state index is 0.0206. The molecule has 0 unspecified atom stereocenters. The first-order valence-corrected chi connectivity index (χ1v) is 6.12. The molecule has 0 bridgehead atoms. The number of carbonyl (C=O) groups excluding carboxylic acids is 1. The van der Waals surface area contributed by atoms with E-state index >= 15 is 0 Å². The Balaban J connectivity index is 2.24. The zero-order chi connectivity index (χ0) is 13.0. The maximum Gasteiger partial charge on any atom is 0.319 e. The second-order valence-corrected chi connectivity index (χ2v) is 5.26. The van der Waals surface area contributed by atoms with E-state index in [1.54, 1.807) is 16.8 Å². The molecule has 2 amide bonds. The Morgan fingerprint density at radius 2 is 2.00 bits per heavy atom. The lowest BCUT2D eigenvalue weighted by molar-refractivity contribution is -0.139. The normalized spacial score (nSPS) is 15.9. The molecular weight excluding hydrogens is 220 g/mol. The monoisotopic (exact) mass is 242 g/mol. The second kappa shape index (κ2) is 5.89. The molecular formula is C12H22N2O3. The van der Waals surface area contributed by atoms with Crippen molar-refractivity contribution in [3.63, 3.8) is 0 Å². The van der Waals surface area contributed by atoms with Gasteiger partial charge in [0.15, 0.2) is 0 Å². The number of aliphatic carboxylic acids is 1. The molecule has 0 radical (unpaired) electrons. The van der Waals surface area contributed by atoms with E-state index in [0.717, 1.165) is 13.0 Å². The van der Waals surface area contributed by atoms with E-state index in [-0.39, 0.29) is 18.4 Å². The Morgan fingerprint density at radius 3 is 2.47 bits per heavy atom. The van der Waals surface area contributed by atoms with Gasteiger partial charge in [0.05, 0.1) is 6.42 Å².